The summed E-state index contributed by atoms with van der Waals surface area (Å²) in [6.45, 7) is 0.522. The first-order valence-corrected chi connectivity index (χ1v) is 3.70. The van der Waals surface area contributed by atoms with Crippen LogP contribution in [0.15, 0.2) is 24.3 Å². The van der Waals surface area contributed by atoms with Crippen molar-refractivity contribution in [1.29, 1.82) is 0 Å². The molecule has 0 aliphatic carbocycles. The summed E-state index contributed by atoms with van der Waals surface area (Å²) in [6, 6.07) is 5.46. The van der Waals surface area contributed by atoms with Crippen LogP contribution in [0.4, 0.5) is 0 Å². The Labute approximate surface area is 70.7 Å². The van der Waals surface area contributed by atoms with Crippen molar-refractivity contribution in [3.63, 3.8) is 0 Å². The molecular formula is C8H9ClN2. The minimum absolute atomic E-state index is 0.504. The third-order valence-corrected chi connectivity index (χ3v) is 1.37. The van der Waals surface area contributed by atoms with E-state index in [1.807, 2.05) is 24.3 Å². The van der Waals surface area contributed by atoms with E-state index in [-0.39, 0.29) is 0 Å². The molecule has 1 aromatic heterocycles. The van der Waals surface area contributed by atoms with Crippen molar-refractivity contribution in [3.05, 3.63) is 35.1 Å². The zero-order chi connectivity index (χ0) is 8.10. The maximum absolute atomic E-state index is 5.65. The molecule has 3 heteroatoms. The van der Waals surface area contributed by atoms with Crippen molar-refractivity contribution in [2.45, 2.75) is 0 Å². The smallest absolute Gasteiger partial charge is 0.129 e. The zero-order valence-corrected chi connectivity index (χ0v) is 6.75. The molecule has 0 aliphatic rings. The van der Waals surface area contributed by atoms with Gasteiger partial charge in [-0.15, -0.1) is 0 Å². The summed E-state index contributed by atoms with van der Waals surface area (Å²) in [5.74, 6) is 0. The second kappa shape index (κ2) is 4.11. The van der Waals surface area contributed by atoms with E-state index in [4.69, 9.17) is 17.3 Å². The van der Waals surface area contributed by atoms with Crippen molar-refractivity contribution < 1.29 is 0 Å². The van der Waals surface area contributed by atoms with Gasteiger partial charge in [-0.2, -0.15) is 0 Å². The maximum Gasteiger partial charge on any atom is 0.129 e. The molecule has 0 atom stereocenters. The molecule has 2 N–H and O–H groups in total. The fraction of sp³-hybridized carbons (Fsp3) is 0.125. The molecule has 1 heterocycles. The summed E-state index contributed by atoms with van der Waals surface area (Å²) in [4.78, 5) is 4.03. The zero-order valence-electron chi connectivity index (χ0n) is 6.00. The maximum atomic E-state index is 5.65. The van der Waals surface area contributed by atoms with Gasteiger partial charge < -0.3 is 5.73 Å². The first-order chi connectivity index (χ1) is 5.33. The van der Waals surface area contributed by atoms with E-state index in [1.165, 1.54) is 0 Å². The molecule has 0 spiro atoms. The van der Waals surface area contributed by atoms with Gasteiger partial charge in [-0.1, -0.05) is 23.7 Å². The first kappa shape index (κ1) is 8.24. The molecule has 0 radical (unpaired) electrons. The molecule has 0 amide bonds. The average Bonchev–Trinajstić information content (AvgIpc) is 2.01. The average molecular weight is 169 g/mol. The molecule has 0 bridgehead atoms. The van der Waals surface area contributed by atoms with Crippen LogP contribution in [0.25, 0.3) is 6.08 Å². The molecule has 0 aliphatic heterocycles. The number of halogens is 1. The van der Waals surface area contributed by atoms with E-state index in [1.54, 1.807) is 6.07 Å². The van der Waals surface area contributed by atoms with Gasteiger partial charge in [0.1, 0.15) is 5.15 Å². The van der Waals surface area contributed by atoms with Crippen molar-refractivity contribution in [2.24, 2.45) is 5.73 Å². The Morgan fingerprint density at radius 3 is 3.00 bits per heavy atom. The van der Waals surface area contributed by atoms with Crippen LogP contribution in [0.5, 0.6) is 0 Å². The Hall–Kier alpha value is -0.860. The van der Waals surface area contributed by atoms with Crippen molar-refractivity contribution in [1.82, 2.24) is 4.98 Å². The minimum Gasteiger partial charge on any atom is -0.327 e. The number of nitrogens with two attached hydrogens (primary N) is 1. The Morgan fingerprint density at radius 1 is 1.55 bits per heavy atom. The van der Waals surface area contributed by atoms with Gasteiger partial charge in [0.05, 0.1) is 5.69 Å². The number of pyridine rings is 1. The number of nitrogens with zero attached hydrogens (tertiary/aromatic N) is 1. The Bertz CT molecular complexity index is 258. The monoisotopic (exact) mass is 168 g/mol. The van der Waals surface area contributed by atoms with Gasteiger partial charge in [-0.3, -0.25) is 0 Å². The predicted octanol–water partition coefficient (Wildman–Crippen LogP) is 1.71. The number of rotatable bonds is 2. The SMILES string of the molecule is NC/C=C/c1cccc(Cl)n1. The first-order valence-electron chi connectivity index (χ1n) is 3.32. The van der Waals surface area contributed by atoms with Crippen molar-refractivity contribution in [2.75, 3.05) is 6.54 Å². The lowest BCUT2D eigenvalue weighted by molar-refractivity contribution is 1.25. The second-order valence-corrected chi connectivity index (χ2v) is 2.41. The summed E-state index contributed by atoms with van der Waals surface area (Å²) >= 11 is 5.65. The third kappa shape index (κ3) is 2.70. The Balaban J connectivity index is 2.79. The molecule has 58 valence electrons. The lowest BCUT2D eigenvalue weighted by Gasteiger charge is -1.91. The van der Waals surface area contributed by atoms with E-state index in [0.29, 0.717) is 11.7 Å². The molecule has 0 fully saturated rings. The van der Waals surface area contributed by atoms with Crippen LogP contribution >= 0.6 is 11.6 Å². The number of hydrogen-bond donors (Lipinski definition) is 1. The molecule has 1 rings (SSSR count). The largest absolute Gasteiger partial charge is 0.327 e. The predicted molar refractivity (Wildman–Crippen MR) is 47.3 cm³/mol. The Morgan fingerprint density at radius 2 is 2.36 bits per heavy atom. The van der Waals surface area contributed by atoms with Crippen molar-refractivity contribution >= 4 is 17.7 Å². The van der Waals surface area contributed by atoms with E-state index >= 15 is 0 Å². The molecule has 11 heavy (non-hydrogen) atoms. The Kier molecular flexibility index (Phi) is 3.08. The quantitative estimate of drug-likeness (QED) is 0.683. The fourth-order valence-corrected chi connectivity index (χ4v) is 0.876. The van der Waals surface area contributed by atoms with E-state index in [2.05, 4.69) is 4.98 Å². The lowest BCUT2D eigenvalue weighted by Crippen LogP contribution is -1.92. The summed E-state index contributed by atoms with van der Waals surface area (Å²) < 4.78 is 0. The van der Waals surface area contributed by atoms with Gasteiger partial charge in [0.15, 0.2) is 0 Å². The lowest BCUT2D eigenvalue weighted by atomic mass is 10.3. The number of hydrogen-bond acceptors (Lipinski definition) is 2. The van der Waals surface area contributed by atoms with Crippen LogP contribution in [-0.2, 0) is 0 Å². The third-order valence-electron chi connectivity index (χ3n) is 1.16. The van der Waals surface area contributed by atoms with Crippen molar-refractivity contribution in [3.8, 4) is 0 Å². The molecule has 0 saturated carbocycles. The second-order valence-electron chi connectivity index (χ2n) is 2.02. The van der Waals surface area contributed by atoms with Gasteiger partial charge >= 0.3 is 0 Å². The normalized spacial score (nSPS) is 10.7. The van der Waals surface area contributed by atoms with Crippen LogP contribution in [0.1, 0.15) is 5.69 Å². The van der Waals surface area contributed by atoms with Gasteiger partial charge in [-0.25, -0.2) is 4.98 Å². The molecule has 2 nitrogen and oxygen atoms in total. The number of aromatic nitrogens is 1. The molecular weight excluding hydrogens is 160 g/mol. The van der Waals surface area contributed by atoms with Gasteiger partial charge in [0.2, 0.25) is 0 Å². The summed E-state index contributed by atoms with van der Waals surface area (Å²) in [5.41, 5.74) is 6.10. The molecule has 0 aromatic carbocycles. The van der Waals surface area contributed by atoms with E-state index < -0.39 is 0 Å². The van der Waals surface area contributed by atoms with E-state index in [0.717, 1.165) is 5.69 Å². The standard InChI is InChI=1S/C8H9ClN2/c9-8-5-1-3-7(11-8)4-2-6-10/h1-5H,6,10H2/b4-2+. The van der Waals surface area contributed by atoms with Gasteiger partial charge in [-0.05, 0) is 18.2 Å². The van der Waals surface area contributed by atoms with Gasteiger partial charge in [0.25, 0.3) is 0 Å². The summed E-state index contributed by atoms with van der Waals surface area (Å²) in [5, 5.41) is 0.504. The highest BCUT2D eigenvalue weighted by Gasteiger charge is 1.88. The van der Waals surface area contributed by atoms with Crippen LogP contribution in [0, 0.1) is 0 Å². The summed E-state index contributed by atoms with van der Waals surface area (Å²) in [7, 11) is 0. The highest BCUT2D eigenvalue weighted by atomic mass is 35.5. The van der Waals surface area contributed by atoms with E-state index in [9.17, 15) is 0 Å². The highest BCUT2D eigenvalue weighted by molar-refractivity contribution is 6.29. The molecule has 1 aromatic rings. The highest BCUT2D eigenvalue weighted by Crippen LogP contribution is 2.05. The molecule has 0 unspecified atom stereocenters. The van der Waals surface area contributed by atoms with Crippen LogP contribution < -0.4 is 5.73 Å². The van der Waals surface area contributed by atoms with Crippen LogP contribution in [-0.4, -0.2) is 11.5 Å². The van der Waals surface area contributed by atoms with Crippen LogP contribution in [0.2, 0.25) is 5.15 Å². The minimum atomic E-state index is 0.504. The fourth-order valence-electron chi connectivity index (χ4n) is 0.706. The van der Waals surface area contributed by atoms with Gasteiger partial charge in [0, 0.05) is 6.54 Å². The summed E-state index contributed by atoms with van der Waals surface area (Å²) in [6.07, 6.45) is 3.67. The van der Waals surface area contributed by atoms with Crippen LogP contribution in [0.3, 0.4) is 0 Å². The molecule has 0 saturated heterocycles. The topological polar surface area (TPSA) is 38.9 Å².